The molecule has 3 rings (SSSR count). The van der Waals surface area contributed by atoms with Gasteiger partial charge >= 0.3 is 0 Å². The highest BCUT2D eigenvalue weighted by Crippen LogP contribution is 2.30. The van der Waals surface area contributed by atoms with Crippen molar-refractivity contribution in [2.24, 2.45) is 0 Å². The van der Waals surface area contributed by atoms with E-state index in [9.17, 15) is 4.79 Å². The predicted octanol–water partition coefficient (Wildman–Crippen LogP) is 3.78. The molecule has 0 saturated heterocycles. The van der Waals surface area contributed by atoms with Crippen LogP contribution in [0.3, 0.4) is 0 Å². The van der Waals surface area contributed by atoms with Crippen molar-refractivity contribution in [1.82, 2.24) is 0 Å². The summed E-state index contributed by atoms with van der Waals surface area (Å²) in [5.74, 6) is 1.10. The zero-order valence-electron chi connectivity index (χ0n) is 10.8. The standard InChI is InChI=1S/C17H16O2/c18-16-10-4-9-15-14(16)8-5-11-17(15)19-12-13-6-2-1-3-7-13/h1-3,5-8,11H,4,9-10,12H2. The van der Waals surface area contributed by atoms with E-state index in [0.29, 0.717) is 13.0 Å². The highest BCUT2D eigenvalue weighted by molar-refractivity contribution is 5.99. The van der Waals surface area contributed by atoms with Crippen LogP contribution in [0.5, 0.6) is 5.75 Å². The molecule has 2 heteroatoms. The molecule has 1 aliphatic rings. The number of ketones is 1. The predicted molar refractivity (Wildman–Crippen MR) is 74.5 cm³/mol. The molecule has 0 aliphatic heterocycles. The van der Waals surface area contributed by atoms with E-state index in [-0.39, 0.29) is 5.78 Å². The van der Waals surface area contributed by atoms with E-state index in [0.717, 1.165) is 35.3 Å². The van der Waals surface area contributed by atoms with E-state index in [1.54, 1.807) is 0 Å². The minimum atomic E-state index is 0.242. The fourth-order valence-corrected chi connectivity index (χ4v) is 2.52. The first-order valence-corrected chi connectivity index (χ1v) is 6.66. The van der Waals surface area contributed by atoms with Crippen molar-refractivity contribution in [3.8, 4) is 5.75 Å². The van der Waals surface area contributed by atoms with E-state index in [1.165, 1.54) is 0 Å². The van der Waals surface area contributed by atoms with Gasteiger partial charge in [0, 0.05) is 17.5 Å². The fourth-order valence-electron chi connectivity index (χ4n) is 2.52. The largest absolute Gasteiger partial charge is 0.489 e. The zero-order chi connectivity index (χ0) is 13.1. The van der Waals surface area contributed by atoms with Crippen LogP contribution in [0.25, 0.3) is 0 Å². The van der Waals surface area contributed by atoms with Gasteiger partial charge < -0.3 is 4.74 Å². The number of hydrogen-bond acceptors (Lipinski definition) is 2. The van der Waals surface area contributed by atoms with Gasteiger partial charge in [-0.05, 0) is 24.5 Å². The lowest BCUT2D eigenvalue weighted by atomic mass is 9.90. The molecule has 0 unspecified atom stereocenters. The number of carbonyl (C=O) groups is 1. The summed E-state index contributed by atoms with van der Waals surface area (Å²) in [5, 5.41) is 0. The number of carbonyl (C=O) groups excluding carboxylic acids is 1. The summed E-state index contributed by atoms with van der Waals surface area (Å²) < 4.78 is 5.89. The lowest BCUT2D eigenvalue weighted by Crippen LogP contribution is -2.12. The van der Waals surface area contributed by atoms with Gasteiger partial charge in [-0.1, -0.05) is 42.5 Å². The van der Waals surface area contributed by atoms with Gasteiger partial charge in [-0.15, -0.1) is 0 Å². The van der Waals surface area contributed by atoms with Crippen molar-refractivity contribution >= 4 is 5.78 Å². The van der Waals surface area contributed by atoms with Gasteiger partial charge in [0.2, 0.25) is 0 Å². The molecule has 2 aromatic rings. The zero-order valence-corrected chi connectivity index (χ0v) is 10.8. The normalized spacial score (nSPS) is 14.0. The van der Waals surface area contributed by atoms with Gasteiger partial charge in [0.25, 0.3) is 0 Å². The van der Waals surface area contributed by atoms with Crippen LogP contribution >= 0.6 is 0 Å². The van der Waals surface area contributed by atoms with Crippen LogP contribution in [0.2, 0.25) is 0 Å². The third-order valence-corrected chi connectivity index (χ3v) is 3.50. The molecule has 96 valence electrons. The van der Waals surface area contributed by atoms with Crippen LogP contribution in [0.15, 0.2) is 48.5 Å². The molecule has 0 spiro atoms. The second kappa shape index (κ2) is 5.27. The molecule has 0 radical (unpaired) electrons. The number of hydrogen-bond donors (Lipinski definition) is 0. The van der Waals surface area contributed by atoms with Gasteiger partial charge in [-0.25, -0.2) is 0 Å². The molecule has 0 heterocycles. The lowest BCUT2D eigenvalue weighted by molar-refractivity contribution is 0.0971. The van der Waals surface area contributed by atoms with Gasteiger partial charge in [0.05, 0.1) is 0 Å². The molecular weight excluding hydrogens is 236 g/mol. The Morgan fingerprint density at radius 2 is 1.79 bits per heavy atom. The maximum Gasteiger partial charge on any atom is 0.163 e. The van der Waals surface area contributed by atoms with Crippen molar-refractivity contribution in [2.45, 2.75) is 25.9 Å². The van der Waals surface area contributed by atoms with Crippen molar-refractivity contribution in [2.75, 3.05) is 0 Å². The third-order valence-electron chi connectivity index (χ3n) is 3.50. The van der Waals surface area contributed by atoms with E-state index >= 15 is 0 Å². The fraction of sp³-hybridized carbons (Fsp3) is 0.235. The quantitative estimate of drug-likeness (QED) is 0.830. The van der Waals surface area contributed by atoms with Gasteiger partial charge in [-0.3, -0.25) is 4.79 Å². The Balaban J connectivity index is 1.82. The SMILES string of the molecule is O=C1CCCc2c(OCc3ccccc3)cccc21. The van der Waals surface area contributed by atoms with Gasteiger partial charge in [0.1, 0.15) is 12.4 Å². The Morgan fingerprint density at radius 1 is 0.947 bits per heavy atom. The molecule has 19 heavy (non-hydrogen) atoms. The maximum atomic E-state index is 11.9. The van der Waals surface area contributed by atoms with Crippen LogP contribution in [0.1, 0.15) is 34.3 Å². The molecule has 0 aromatic heterocycles. The average molecular weight is 252 g/mol. The van der Waals surface area contributed by atoms with Crippen LogP contribution < -0.4 is 4.74 Å². The first-order chi connectivity index (χ1) is 9.34. The molecule has 2 nitrogen and oxygen atoms in total. The molecule has 0 fully saturated rings. The highest BCUT2D eigenvalue weighted by atomic mass is 16.5. The van der Waals surface area contributed by atoms with E-state index in [4.69, 9.17) is 4.74 Å². The minimum Gasteiger partial charge on any atom is -0.489 e. The Morgan fingerprint density at radius 3 is 2.63 bits per heavy atom. The second-order valence-electron chi connectivity index (χ2n) is 4.83. The summed E-state index contributed by atoms with van der Waals surface area (Å²) in [4.78, 5) is 11.9. The molecule has 0 amide bonds. The van der Waals surface area contributed by atoms with Crippen molar-refractivity contribution < 1.29 is 9.53 Å². The first-order valence-electron chi connectivity index (χ1n) is 6.66. The van der Waals surface area contributed by atoms with E-state index in [2.05, 4.69) is 0 Å². The summed E-state index contributed by atoms with van der Waals surface area (Å²) in [6.45, 7) is 0.547. The second-order valence-corrected chi connectivity index (χ2v) is 4.83. The Bertz CT molecular complexity index is 587. The number of rotatable bonds is 3. The Labute approximate surface area is 113 Å². The van der Waals surface area contributed by atoms with E-state index < -0.39 is 0 Å². The Kier molecular flexibility index (Phi) is 3.32. The van der Waals surface area contributed by atoms with E-state index in [1.807, 2.05) is 48.5 Å². The molecule has 2 aromatic carbocycles. The smallest absolute Gasteiger partial charge is 0.163 e. The van der Waals surface area contributed by atoms with Crippen molar-refractivity contribution in [3.63, 3.8) is 0 Å². The number of Topliss-reactive ketones (excluding diaryl/α,β-unsaturated/α-hetero) is 1. The summed E-state index contributed by atoms with van der Waals surface area (Å²) in [7, 11) is 0. The first kappa shape index (κ1) is 12.0. The molecule has 0 N–H and O–H groups in total. The van der Waals surface area contributed by atoms with Crippen molar-refractivity contribution in [3.05, 3.63) is 65.2 Å². The number of benzene rings is 2. The summed E-state index contributed by atoms with van der Waals surface area (Å²) in [6, 6.07) is 15.9. The summed E-state index contributed by atoms with van der Waals surface area (Å²) >= 11 is 0. The van der Waals surface area contributed by atoms with Crippen LogP contribution in [-0.4, -0.2) is 5.78 Å². The van der Waals surface area contributed by atoms with Crippen LogP contribution in [0, 0.1) is 0 Å². The molecule has 1 aliphatic carbocycles. The van der Waals surface area contributed by atoms with Crippen molar-refractivity contribution in [1.29, 1.82) is 0 Å². The third kappa shape index (κ3) is 2.53. The minimum absolute atomic E-state index is 0.242. The van der Waals surface area contributed by atoms with Crippen LogP contribution in [0.4, 0.5) is 0 Å². The molecule has 0 atom stereocenters. The average Bonchev–Trinajstić information content (AvgIpc) is 2.47. The highest BCUT2D eigenvalue weighted by Gasteiger charge is 2.20. The Hall–Kier alpha value is -2.09. The number of fused-ring (bicyclic) bond motifs is 1. The molecule has 0 saturated carbocycles. The lowest BCUT2D eigenvalue weighted by Gasteiger charge is -2.18. The summed E-state index contributed by atoms with van der Waals surface area (Å²) in [5.41, 5.74) is 3.06. The number of ether oxygens (including phenoxy) is 1. The van der Waals surface area contributed by atoms with Gasteiger partial charge in [-0.2, -0.15) is 0 Å². The van der Waals surface area contributed by atoms with Crippen LogP contribution in [-0.2, 0) is 13.0 Å². The summed E-state index contributed by atoms with van der Waals surface area (Å²) in [6.07, 6.45) is 2.53. The maximum absolute atomic E-state index is 11.9. The molecule has 0 bridgehead atoms. The van der Waals surface area contributed by atoms with Gasteiger partial charge in [0.15, 0.2) is 5.78 Å². The monoisotopic (exact) mass is 252 g/mol. The topological polar surface area (TPSA) is 26.3 Å². The molecular formula is C17H16O2.